The Morgan fingerprint density at radius 2 is 1.93 bits per heavy atom. The number of nitrogens with zero attached hydrogens (tertiary/aromatic N) is 1. The summed E-state index contributed by atoms with van der Waals surface area (Å²) < 4.78 is 0. The van der Waals surface area contributed by atoms with Crippen LogP contribution in [0.3, 0.4) is 0 Å². The Hall–Kier alpha value is -1.81. The number of benzene rings is 1. The molecule has 0 aliphatic heterocycles. The third-order valence-electron chi connectivity index (χ3n) is 1.90. The van der Waals surface area contributed by atoms with Crippen LogP contribution in [0.5, 0.6) is 10.8 Å². The van der Waals surface area contributed by atoms with Crippen LogP contribution in [0.4, 0.5) is 5.69 Å². The minimum absolute atomic E-state index is 0.177. The molecule has 0 bridgehead atoms. The maximum absolute atomic E-state index is 9.46. The highest BCUT2D eigenvalue weighted by atomic mass is 32.1. The SMILES string of the molecule is Oc1ccccc1/C=N/c1ccsc1O. The molecule has 2 N–H and O–H groups in total. The zero-order valence-corrected chi connectivity index (χ0v) is 8.61. The lowest BCUT2D eigenvalue weighted by atomic mass is 10.2. The van der Waals surface area contributed by atoms with Crippen LogP contribution >= 0.6 is 11.3 Å². The zero-order chi connectivity index (χ0) is 10.7. The third kappa shape index (κ3) is 2.16. The van der Waals surface area contributed by atoms with Crippen molar-refractivity contribution in [3.63, 3.8) is 0 Å². The van der Waals surface area contributed by atoms with E-state index in [4.69, 9.17) is 0 Å². The average Bonchev–Trinajstić information content (AvgIpc) is 2.63. The number of aliphatic imine (C=N–C) groups is 1. The van der Waals surface area contributed by atoms with Gasteiger partial charge in [0.05, 0.1) is 0 Å². The summed E-state index contributed by atoms with van der Waals surface area (Å²) in [5.41, 5.74) is 1.14. The number of thiophene rings is 1. The zero-order valence-electron chi connectivity index (χ0n) is 7.79. The fraction of sp³-hybridized carbons (Fsp3) is 0. The highest BCUT2D eigenvalue weighted by Gasteiger charge is 1.99. The molecule has 15 heavy (non-hydrogen) atoms. The number of phenolic OH excluding ortho intramolecular Hbond substituents is 1. The molecule has 0 atom stereocenters. The Kier molecular flexibility index (Phi) is 2.69. The summed E-state index contributed by atoms with van der Waals surface area (Å²) in [7, 11) is 0. The molecule has 2 rings (SSSR count). The van der Waals surface area contributed by atoms with E-state index in [1.54, 1.807) is 29.6 Å². The van der Waals surface area contributed by atoms with Gasteiger partial charge in [-0.05, 0) is 23.6 Å². The quantitative estimate of drug-likeness (QED) is 0.763. The third-order valence-corrected chi connectivity index (χ3v) is 2.61. The minimum Gasteiger partial charge on any atom is -0.507 e. The van der Waals surface area contributed by atoms with Crippen molar-refractivity contribution in [3.05, 3.63) is 41.3 Å². The van der Waals surface area contributed by atoms with Crippen molar-refractivity contribution in [2.75, 3.05) is 0 Å². The van der Waals surface area contributed by atoms with E-state index in [1.165, 1.54) is 17.6 Å². The van der Waals surface area contributed by atoms with Crippen LogP contribution in [0.2, 0.25) is 0 Å². The first-order valence-electron chi connectivity index (χ1n) is 4.36. The largest absolute Gasteiger partial charge is 0.507 e. The van der Waals surface area contributed by atoms with Gasteiger partial charge in [0.15, 0.2) is 5.06 Å². The van der Waals surface area contributed by atoms with Crippen LogP contribution in [0.15, 0.2) is 40.7 Å². The minimum atomic E-state index is 0.177. The molecule has 0 fully saturated rings. The van der Waals surface area contributed by atoms with E-state index in [2.05, 4.69) is 4.99 Å². The Bertz CT molecular complexity index is 491. The van der Waals surface area contributed by atoms with Gasteiger partial charge in [-0.1, -0.05) is 12.1 Å². The molecule has 1 aromatic heterocycles. The topological polar surface area (TPSA) is 52.8 Å². The smallest absolute Gasteiger partial charge is 0.197 e. The average molecular weight is 219 g/mol. The van der Waals surface area contributed by atoms with E-state index in [-0.39, 0.29) is 10.8 Å². The maximum atomic E-state index is 9.46. The van der Waals surface area contributed by atoms with E-state index < -0.39 is 0 Å². The summed E-state index contributed by atoms with van der Waals surface area (Å²) in [6, 6.07) is 8.62. The van der Waals surface area contributed by atoms with Crippen molar-refractivity contribution in [1.29, 1.82) is 0 Å². The van der Waals surface area contributed by atoms with Gasteiger partial charge in [0.25, 0.3) is 0 Å². The van der Waals surface area contributed by atoms with E-state index in [0.717, 1.165) is 0 Å². The lowest BCUT2D eigenvalue weighted by molar-refractivity contribution is 0.474. The number of phenols is 1. The van der Waals surface area contributed by atoms with Crippen LogP contribution in [0.25, 0.3) is 0 Å². The van der Waals surface area contributed by atoms with Crippen molar-refractivity contribution in [2.45, 2.75) is 0 Å². The maximum Gasteiger partial charge on any atom is 0.197 e. The Morgan fingerprint density at radius 3 is 2.60 bits per heavy atom. The molecule has 2 aromatic rings. The van der Waals surface area contributed by atoms with E-state index >= 15 is 0 Å². The van der Waals surface area contributed by atoms with Gasteiger partial charge < -0.3 is 10.2 Å². The van der Waals surface area contributed by atoms with Crippen LogP contribution in [0, 0.1) is 0 Å². The van der Waals surface area contributed by atoms with E-state index in [0.29, 0.717) is 11.3 Å². The molecule has 0 unspecified atom stereocenters. The summed E-state index contributed by atoms with van der Waals surface area (Å²) in [4.78, 5) is 4.07. The lowest BCUT2D eigenvalue weighted by Gasteiger charge is -1.96. The first-order valence-corrected chi connectivity index (χ1v) is 5.24. The predicted octanol–water partition coefficient (Wildman–Crippen LogP) is 2.91. The second-order valence-corrected chi connectivity index (χ2v) is 3.82. The summed E-state index contributed by atoms with van der Waals surface area (Å²) in [6.07, 6.45) is 1.52. The Balaban J connectivity index is 2.26. The molecule has 4 heteroatoms. The molecular formula is C11H9NO2S. The number of rotatable bonds is 2. The number of aromatic hydroxyl groups is 2. The number of hydrogen-bond acceptors (Lipinski definition) is 4. The fourth-order valence-corrected chi connectivity index (χ4v) is 1.70. The first kappa shape index (κ1) is 9.73. The van der Waals surface area contributed by atoms with Crippen molar-refractivity contribution in [3.8, 4) is 10.8 Å². The van der Waals surface area contributed by atoms with Crippen molar-refractivity contribution < 1.29 is 10.2 Å². The number of para-hydroxylation sites is 1. The molecule has 0 spiro atoms. The van der Waals surface area contributed by atoms with Gasteiger partial charge in [0.2, 0.25) is 0 Å². The molecule has 1 heterocycles. The van der Waals surface area contributed by atoms with Crippen molar-refractivity contribution in [1.82, 2.24) is 0 Å². The molecule has 0 saturated heterocycles. The van der Waals surface area contributed by atoms with Gasteiger partial charge in [0, 0.05) is 11.8 Å². The van der Waals surface area contributed by atoms with E-state index in [1.807, 2.05) is 6.07 Å². The van der Waals surface area contributed by atoms with Crippen LogP contribution < -0.4 is 0 Å². The fourth-order valence-electron chi connectivity index (χ4n) is 1.13. The van der Waals surface area contributed by atoms with Crippen LogP contribution in [-0.4, -0.2) is 16.4 Å². The summed E-state index contributed by atoms with van der Waals surface area (Å²) >= 11 is 1.22. The van der Waals surface area contributed by atoms with Crippen LogP contribution in [0.1, 0.15) is 5.56 Å². The van der Waals surface area contributed by atoms with Gasteiger partial charge in [-0.25, -0.2) is 0 Å². The standard InChI is InChI=1S/C11H9NO2S/c13-10-4-2-1-3-8(10)7-12-9-5-6-15-11(9)14/h1-7,13-14H/b12-7+. The molecule has 0 saturated carbocycles. The summed E-state index contributed by atoms with van der Waals surface area (Å²) in [6.45, 7) is 0. The molecule has 0 radical (unpaired) electrons. The normalized spacial score (nSPS) is 10.9. The van der Waals surface area contributed by atoms with Crippen LogP contribution in [-0.2, 0) is 0 Å². The molecule has 1 aromatic carbocycles. The van der Waals surface area contributed by atoms with Crippen molar-refractivity contribution >= 4 is 23.2 Å². The Morgan fingerprint density at radius 1 is 1.13 bits per heavy atom. The number of hydrogen-bond donors (Lipinski definition) is 2. The van der Waals surface area contributed by atoms with Crippen molar-refractivity contribution in [2.24, 2.45) is 4.99 Å². The first-order chi connectivity index (χ1) is 7.27. The molecule has 0 aliphatic carbocycles. The Labute approximate surface area is 91.0 Å². The summed E-state index contributed by atoms with van der Waals surface area (Å²) in [5, 5.41) is 20.7. The van der Waals surface area contributed by atoms with Gasteiger partial charge >= 0.3 is 0 Å². The van der Waals surface area contributed by atoms with Gasteiger partial charge in [0.1, 0.15) is 11.4 Å². The summed E-state index contributed by atoms with van der Waals surface area (Å²) in [5.74, 6) is 0.177. The highest BCUT2D eigenvalue weighted by Crippen LogP contribution is 2.32. The second kappa shape index (κ2) is 4.14. The molecular weight excluding hydrogens is 210 g/mol. The lowest BCUT2D eigenvalue weighted by Crippen LogP contribution is -1.79. The molecule has 0 aliphatic rings. The highest BCUT2D eigenvalue weighted by molar-refractivity contribution is 7.12. The van der Waals surface area contributed by atoms with Gasteiger partial charge in [-0.2, -0.15) is 0 Å². The van der Waals surface area contributed by atoms with Gasteiger partial charge in [-0.15, -0.1) is 11.3 Å². The molecule has 3 nitrogen and oxygen atoms in total. The van der Waals surface area contributed by atoms with Gasteiger partial charge in [-0.3, -0.25) is 4.99 Å². The van der Waals surface area contributed by atoms with E-state index in [9.17, 15) is 10.2 Å². The predicted molar refractivity (Wildman–Crippen MR) is 61.3 cm³/mol. The second-order valence-electron chi connectivity index (χ2n) is 2.93. The molecule has 0 amide bonds. The monoisotopic (exact) mass is 219 g/mol. The molecule has 76 valence electrons.